The highest BCUT2D eigenvalue weighted by molar-refractivity contribution is 6.11. The predicted octanol–water partition coefficient (Wildman–Crippen LogP) is 15.1. The summed E-state index contributed by atoms with van der Waals surface area (Å²) in [6, 6.07) is 42.6. The van der Waals surface area contributed by atoms with E-state index in [-0.39, 0.29) is 0 Å². The third-order valence-corrected chi connectivity index (χ3v) is 10.9. The van der Waals surface area contributed by atoms with Crippen LogP contribution in [0, 0.1) is 0 Å². The maximum Gasteiger partial charge on any atom is 0.0541 e. The van der Waals surface area contributed by atoms with Gasteiger partial charge in [0.1, 0.15) is 0 Å². The first-order valence-electron chi connectivity index (χ1n) is 20.0. The van der Waals surface area contributed by atoms with Gasteiger partial charge in [0.25, 0.3) is 0 Å². The average Bonchev–Trinajstić information content (AvgIpc) is 3.86. The van der Waals surface area contributed by atoms with Crippen molar-refractivity contribution < 1.29 is 0 Å². The van der Waals surface area contributed by atoms with Crippen LogP contribution in [0.5, 0.6) is 0 Å². The molecule has 2 heterocycles. The van der Waals surface area contributed by atoms with Crippen molar-refractivity contribution in [2.45, 2.75) is 53.9 Å². The summed E-state index contributed by atoms with van der Waals surface area (Å²) in [7, 11) is 0. The Hall–Kier alpha value is -6.38. The van der Waals surface area contributed by atoms with Crippen LogP contribution in [0.4, 0.5) is 0 Å². The van der Waals surface area contributed by atoms with Gasteiger partial charge in [0.15, 0.2) is 0 Å². The molecule has 2 nitrogen and oxygen atoms in total. The number of aromatic nitrogens is 2. The second-order valence-electron chi connectivity index (χ2n) is 15.0. The van der Waals surface area contributed by atoms with E-state index in [0.717, 1.165) is 24.8 Å². The zero-order chi connectivity index (χ0) is 38.8. The molecule has 1 aliphatic rings. The van der Waals surface area contributed by atoms with Crippen LogP contribution in [0.1, 0.15) is 64.3 Å². The van der Waals surface area contributed by atoms with Gasteiger partial charge in [0, 0.05) is 45.2 Å². The number of hydrogen-bond acceptors (Lipinski definition) is 0. The Kier molecular flexibility index (Phi) is 10.3. The van der Waals surface area contributed by atoms with Gasteiger partial charge in [-0.25, -0.2) is 0 Å². The molecule has 0 saturated heterocycles. The lowest BCUT2D eigenvalue weighted by molar-refractivity contribution is 0.864. The first-order valence-corrected chi connectivity index (χ1v) is 20.0. The summed E-state index contributed by atoms with van der Waals surface area (Å²) in [5, 5.41) is 3.79. The molecular weight excluding hydrogens is 677 g/mol. The first kappa shape index (κ1) is 36.6. The highest BCUT2D eigenvalue weighted by Gasteiger charge is 2.30. The smallest absolute Gasteiger partial charge is 0.0541 e. The molecule has 0 unspecified atom stereocenters. The number of fused-ring (bicyclic) bond motifs is 6. The fraction of sp³-hybridized carbons (Fsp3) is 0.148. The molecule has 0 atom stereocenters. The minimum absolute atomic E-state index is 0.913. The quantitative estimate of drug-likeness (QED) is 0.117. The molecule has 5 aromatic carbocycles. The van der Waals surface area contributed by atoms with Crippen molar-refractivity contribution in [2.75, 3.05) is 0 Å². The highest BCUT2D eigenvalue weighted by Crippen LogP contribution is 2.47. The lowest BCUT2D eigenvalue weighted by Crippen LogP contribution is -2.00. The Morgan fingerprint density at radius 1 is 0.643 bits per heavy atom. The van der Waals surface area contributed by atoms with Crippen LogP contribution >= 0.6 is 0 Å². The van der Waals surface area contributed by atoms with Crippen LogP contribution in [0.15, 0.2) is 187 Å². The largest absolute Gasteiger partial charge is 0.313 e. The van der Waals surface area contributed by atoms with Gasteiger partial charge >= 0.3 is 0 Å². The minimum atomic E-state index is 0.913. The van der Waals surface area contributed by atoms with E-state index in [0.29, 0.717) is 0 Å². The Bertz CT molecular complexity index is 2800. The second kappa shape index (κ2) is 15.8. The lowest BCUT2D eigenvalue weighted by atomic mass is 9.93. The molecule has 0 fully saturated rings. The van der Waals surface area contributed by atoms with Gasteiger partial charge in [-0.05, 0) is 122 Å². The molecule has 0 amide bonds. The van der Waals surface area contributed by atoms with E-state index in [4.69, 9.17) is 0 Å². The second-order valence-corrected chi connectivity index (χ2v) is 15.0. The van der Waals surface area contributed by atoms with Crippen molar-refractivity contribution >= 4 is 43.9 Å². The SMILES string of the molecule is C=C(/C=C\C=C/C)C1=C(CCC)Cc2c1c1cc(-c3ccc4c(c3)c3ccccc3n4-c3ccccc3)ccc1n2-c1ccc(C(/C=C\C)=C/C=C(C)C)cc1. The first-order chi connectivity index (χ1) is 27.4. The molecular formula is C54H50N2. The van der Waals surface area contributed by atoms with Gasteiger partial charge in [0.2, 0.25) is 0 Å². The molecule has 2 aromatic heterocycles. The van der Waals surface area contributed by atoms with Crippen molar-refractivity contribution in [1.82, 2.24) is 9.13 Å². The molecule has 2 heteroatoms. The van der Waals surface area contributed by atoms with Gasteiger partial charge in [-0.3, -0.25) is 0 Å². The van der Waals surface area contributed by atoms with E-state index < -0.39 is 0 Å². The van der Waals surface area contributed by atoms with Gasteiger partial charge in [-0.15, -0.1) is 0 Å². The maximum absolute atomic E-state index is 4.67. The number of benzene rings is 5. The number of hydrogen-bond donors (Lipinski definition) is 0. The molecule has 0 N–H and O–H groups in total. The summed E-state index contributed by atoms with van der Waals surface area (Å²) in [6.45, 7) is 15.4. The Morgan fingerprint density at radius 2 is 1.30 bits per heavy atom. The summed E-state index contributed by atoms with van der Waals surface area (Å²) in [5.41, 5.74) is 18.6. The van der Waals surface area contributed by atoms with Crippen molar-refractivity contribution in [3.63, 3.8) is 0 Å². The number of rotatable bonds is 11. The van der Waals surface area contributed by atoms with Crippen molar-refractivity contribution in [1.29, 1.82) is 0 Å². The highest BCUT2D eigenvalue weighted by atomic mass is 15.0. The van der Waals surface area contributed by atoms with Gasteiger partial charge < -0.3 is 9.13 Å². The van der Waals surface area contributed by atoms with Crippen LogP contribution < -0.4 is 0 Å². The van der Waals surface area contributed by atoms with Gasteiger partial charge in [-0.2, -0.15) is 0 Å². The molecule has 1 aliphatic carbocycles. The van der Waals surface area contributed by atoms with Crippen molar-refractivity contribution in [3.8, 4) is 22.5 Å². The summed E-state index contributed by atoms with van der Waals surface area (Å²) in [5.74, 6) is 0. The zero-order valence-electron chi connectivity index (χ0n) is 33.3. The normalized spacial score (nSPS) is 13.4. The molecule has 0 radical (unpaired) electrons. The fourth-order valence-corrected chi connectivity index (χ4v) is 8.50. The number of nitrogens with zero attached hydrogens (tertiary/aromatic N) is 2. The number of para-hydroxylation sites is 2. The van der Waals surface area contributed by atoms with E-state index in [1.165, 1.54) is 94.3 Å². The van der Waals surface area contributed by atoms with E-state index in [9.17, 15) is 0 Å². The monoisotopic (exact) mass is 726 g/mol. The predicted molar refractivity (Wildman–Crippen MR) is 244 cm³/mol. The molecule has 7 aromatic rings. The van der Waals surface area contributed by atoms with E-state index in [2.05, 4.69) is 214 Å². The standard InChI is InChI=1S/C54H50N2/c1-7-10-12-19-38(6)53-43(18-9-3)36-52-54(53)48-35-42(29-33-51(48)56(52)45-30-26-40(27-31-45)39(17-8-2)25-24-37(4)5)41-28-32-50-47(34-41)46-22-15-16-23-49(46)55(50)44-20-13-11-14-21-44/h7-8,10-17,19-35H,6,9,18,36H2,1-5H3/b10-7-,17-8-,19-12-,39-25+. The molecule has 56 heavy (non-hydrogen) atoms. The molecule has 0 aliphatic heterocycles. The molecule has 0 spiro atoms. The Labute approximate surface area is 332 Å². The van der Waals surface area contributed by atoms with Crippen LogP contribution in [0.25, 0.3) is 66.4 Å². The third-order valence-electron chi connectivity index (χ3n) is 10.9. The van der Waals surface area contributed by atoms with Gasteiger partial charge in [0.05, 0.1) is 16.6 Å². The third kappa shape index (κ3) is 6.66. The summed E-state index contributed by atoms with van der Waals surface area (Å²) < 4.78 is 4.89. The summed E-state index contributed by atoms with van der Waals surface area (Å²) >= 11 is 0. The molecule has 8 rings (SSSR count). The van der Waals surface area contributed by atoms with E-state index in [1.54, 1.807) is 0 Å². The molecule has 0 bridgehead atoms. The topological polar surface area (TPSA) is 9.86 Å². The Balaban J connectivity index is 1.32. The number of allylic oxidation sites excluding steroid dienone is 13. The average molecular weight is 727 g/mol. The van der Waals surface area contributed by atoms with Crippen LogP contribution in [0.2, 0.25) is 0 Å². The lowest BCUT2D eigenvalue weighted by Gasteiger charge is -2.13. The van der Waals surface area contributed by atoms with E-state index >= 15 is 0 Å². The summed E-state index contributed by atoms with van der Waals surface area (Å²) in [6.07, 6.45) is 20.2. The van der Waals surface area contributed by atoms with Crippen LogP contribution in [-0.4, -0.2) is 9.13 Å². The summed E-state index contributed by atoms with van der Waals surface area (Å²) in [4.78, 5) is 0. The maximum atomic E-state index is 4.67. The van der Waals surface area contributed by atoms with Crippen LogP contribution in [-0.2, 0) is 6.42 Å². The fourth-order valence-electron chi connectivity index (χ4n) is 8.50. The van der Waals surface area contributed by atoms with E-state index in [1.807, 2.05) is 0 Å². The molecule has 0 saturated carbocycles. The van der Waals surface area contributed by atoms with Gasteiger partial charge in [-0.1, -0.05) is 140 Å². The molecule has 276 valence electrons. The van der Waals surface area contributed by atoms with Crippen LogP contribution in [0.3, 0.4) is 0 Å². The zero-order valence-corrected chi connectivity index (χ0v) is 33.3. The van der Waals surface area contributed by atoms with Crippen molar-refractivity contribution in [3.05, 3.63) is 204 Å². The van der Waals surface area contributed by atoms with Crippen molar-refractivity contribution in [2.24, 2.45) is 0 Å². The minimum Gasteiger partial charge on any atom is -0.313 e. The Morgan fingerprint density at radius 3 is 2.00 bits per heavy atom.